The van der Waals surface area contributed by atoms with Crippen LogP contribution in [-0.4, -0.2) is 32.4 Å². The second-order valence-electron chi connectivity index (χ2n) is 5.66. The Morgan fingerprint density at radius 1 is 1.04 bits per heavy atom. The van der Waals surface area contributed by atoms with E-state index in [1.807, 2.05) is 60.1 Å². The van der Waals surface area contributed by atoms with Crippen LogP contribution in [-0.2, 0) is 0 Å². The van der Waals surface area contributed by atoms with E-state index in [0.717, 1.165) is 33.6 Å². The number of para-hydroxylation sites is 1. The molecule has 0 amide bonds. The first-order valence-electron chi connectivity index (χ1n) is 8.26. The second-order valence-corrected chi connectivity index (χ2v) is 6.97. The lowest BCUT2D eigenvalue weighted by Gasteiger charge is -2.21. The SMILES string of the molecule is CCOc1ccccc1C1=Nn2c(nnc2-c2ccccc2)S[C@@H]1C. The van der Waals surface area contributed by atoms with Gasteiger partial charge in [0.15, 0.2) is 5.82 Å². The van der Waals surface area contributed by atoms with Crippen molar-refractivity contribution in [2.75, 3.05) is 6.61 Å². The van der Waals surface area contributed by atoms with Crippen LogP contribution in [0.4, 0.5) is 0 Å². The summed E-state index contributed by atoms with van der Waals surface area (Å²) in [6, 6.07) is 18.0. The molecule has 2 heterocycles. The zero-order valence-electron chi connectivity index (χ0n) is 14.1. The Bertz CT molecular complexity index is 920. The topological polar surface area (TPSA) is 52.3 Å². The van der Waals surface area contributed by atoms with Gasteiger partial charge in [-0.1, -0.05) is 54.2 Å². The molecule has 6 heteroatoms. The first kappa shape index (κ1) is 15.9. The van der Waals surface area contributed by atoms with Crippen LogP contribution in [0.2, 0.25) is 0 Å². The van der Waals surface area contributed by atoms with Gasteiger partial charge >= 0.3 is 0 Å². The van der Waals surface area contributed by atoms with E-state index < -0.39 is 0 Å². The minimum atomic E-state index is 0.168. The van der Waals surface area contributed by atoms with E-state index in [4.69, 9.17) is 9.84 Å². The summed E-state index contributed by atoms with van der Waals surface area (Å²) in [4.78, 5) is 0. The molecular formula is C19H18N4OS. The normalized spacial score (nSPS) is 16.2. The molecule has 5 nitrogen and oxygen atoms in total. The zero-order chi connectivity index (χ0) is 17.2. The highest BCUT2D eigenvalue weighted by molar-refractivity contribution is 8.00. The highest BCUT2D eigenvalue weighted by Crippen LogP contribution is 2.34. The van der Waals surface area contributed by atoms with Gasteiger partial charge in [-0.3, -0.25) is 0 Å². The smallest absolute Gasteiger partial charge is 0.213 e. The number of hydrogen-bond acceptors (Lipinski definition) is 5. The third kappa shape index (κ3) is 2.93. The molecule has 0 aliphatic carbocycles. The summed E-state index contributed by atoms with van der Waals surface area (Å²) in [7, 11) is 0. The molecule has 1 aliphatic heterocycles. The number of aromatic nitrogens is 3. The number of fused-ring (bicyclic) bond motifs is 1. The van der Waals surface area contributed by atoms with Gasteiger partial charge in [0, 0.05) is 11.1 Å². The highest BCUT2D eigenvalue weighted by Gasteiger charge is 2.27. The molecule has 0 N–H and O–H groups in total. The summed E-state index contributed by atoms with van der Waals surface area (Å²) in [5, 5.41) is 14.5. The molecule has 2 aromatic carbocycles. The Kier molecular flexibility index (Phi) is 4.28. The Morgan fingerprint density at radius 2 is 1.80 bits per heavy atom. The van der Waals surface area contributed by atoms with Crippen LogP contribution in [0.15, 0.2) is 64.9 Å². The standard InChI is InChI=1S/C19H18N4OS/c1-3-24-16-12-8-7-11-15(16)17-13(2)25-19-21-20-18(23(19)22-17)14-9-5-4-6-10-14/h4-13H,3H2,1-2H3/t13-/m1/s1. The Morgan fingerprint density at radius 3 is 2.60 bits per heavy atom. The summed E-state index contributed by atoms with van der Waals surface area (Å²) in [5.41, 5.74) is 2.99. The van der Waals surface area contributed by atoms with Gasteiger partial charge < -0.3 is 4.74 Å². The maximum Gasteiger partial charge on any atom is 0.213 e. The van der Waals surface area contributed by atoms with E-state index >= 15 is 0 Å². The maximum atomic E-state index is 5.79. The molecule has 25 heavy (non-hydrogen) atoms. The van der Waals surface area contributed by atoms with Crippen LogP contribution in [0.1, 0.15) is 19.4 Å². The molecule has 126 valence electrons. The number of hydrogen-bond donors (Lipinski definition) is 0. The molecule has 1 aliphatic rings. The molecule has 0 radical (unpaired) electrons. The minimum absolute atomic E-state index is 0.168. The third-order valence-corrected chi connectivity index (χ3v) is 5.02. The summed E-state index contributed by atoms with van der Waals surface area (Å²) in [5.74, 6) is 1.61. The molecule has 0 saturated heterocycles. The average Bonchev–Trinajstić information content (AvgIpc) is 3.05. The van der Waals surface area contributed by atoms with E-state index in [1.165, 1.54) is 0 Å². The number of rotatable bonds is 4. The van der Waals surface area contributed by atoms with E-state index in [1.54, 1.807) is 11.8 Å². The molecule has 0 bridgehead atoms. The lowest BCUT2D eigenvalue weighted by atomic mass is 10.1. The Balaban J connectivity index is 1.83. The average molecular weight is 350 g/mol. The molecule has 0 fully saturated rings. The van der Waals surface area contributed by atoms with Crippen molar-refractivity contribution >= 4 is 17.5 Å². The summed E-state index contributed by atoms with van der Waals surface area (Å²) >= 11 is 1.66. The molecule has 4 rings (SSSR count). The van der Waals surface area contributed by atoms with Gasteiger partial charge in [0.1, 0.15) is 5.75 Å². The van der Waals surface area contributed by atoms with Crippen LogP contribution < -0.4 is 4.74 Å². The van der Waals surface area contributed by atoms with Gasteiger partial charge in [0.2, 0.25) is 5.16 Å². The maximum absolute atomic E-state index is 5.79. The van der Waals surface area contributed by atoms with Gasteiger partial charge in [-0.2, -0.15) is 9.78 Å². The molecular weight excluding hydrogens is 332 g/mol. The fourth-order valence-electron chi connectivity index (χ4n) is 2.83. The molecule has 1 aromatic heterocycles. The first-order valence-corrected chi connectivity index (χ1v) is 9.14. The molecule has 3 aromatic rings. The van der Waals surface area contributed by atoms with E-state index in [0.29, 0.717) is 6.61 Å². The summed E-state index contributed by atoms with van der Waals surface area (Å²) in [6.45, 7) is 4.74. The van der Waals surface area contributed by atoms with Gasteiger partial charge in [0.05, 0.1) is 17.6 Å². The number of ether oxygens (including phenoxy) is 1. The third-order valence-electron chi connectivity index (χ3n) is 3.98. The largest absolute Gasteiger partial charge is 0.493 e. The van der Waals surface area contributed by atoms with Crippen LogP contribution in [0, 0.1) is 0 Å². The van der Waals surface area contributed by atoms with Gasteiger partial charge in [-0.25, -0.2) is 0 Å². The number of benzene rings is 2. The zero-order valence-corrected chi connectivity index (χ0v) is 14.9. The minimum Gasteiger partial charge on any atom is -0.493 e. The van der Waals surface area contributed by atoms with E-state index in [-0.39, 0.29) is 5.25 Å². The second kappa shape index (κ2) is 6.72. The van der Waals surface area contributed by atoms with Gasteiger partial charge in [0.25, 0.3) is 0 Å². The van der Waals surface area contributed by atoms with Crippen molar-refractivity contribution in [1.82, 2.24) is 14.9 Å². The van der Waals surface area contributed by atoms with Crippen LogP contribution >= 0.6 is 11.8 Å². The lowest BCUT2D eigenvalue weighted by molar-refractivity contribution is 0.339. The quantitative estimate of drug-likeness (QED) is 0.711. The molecule has 0 unspecified atom stereocenters. The monoisotopic (exact) mass is 350 g/mol. The lowest BCUT2D eigenvalue weighted by Crippen LogP contribution is -2.22. The van der Waals surface area contributed by atoms with Crippen molar-refractivity contribution in [3.05, 3.63) is 60.2 Å². The number of nitrogens with zero attached hydrogens (tertiary/aromatic N) is 4. The van der Waals surface area contributed by atoms with Crippen molar-refractivity contribution in [1.29, 1.82) is 0 Å². The van der Waals surface area contributed by atoms with Gasteiger partial charge in [-0.05, 0) is 26.0 Å². The summed E-state index contributed by atoms with van der Waals surface area (Å²) in [6.07, 6.45) is 0. The highest BCUT2D eigenvalue weighted by atomic mass is 32.2. The van der Waals surface area contributed by atoms with Crippen molar-refractivity contribution in [3.8, 4) is 17.1 Å². The van der Waals surface area contributed by atoms with Crippen molar-refractivity contribution in [2.45, 2.75) is 24.3 Å². The van der Waals surface area contributed by atoms with E-state index in [2.05, 4.69) is 23.2 Å². The first-order chi connectivity index (χ1) is 12.3. The van der Waals surface area contributed by atoms with Crippen molar-refractivity contribution < 1.29 is 4.74 Å². The van der Waals surface area contributed by atoms with Crippen LogP contribution in [0.25, 0.3) is 11.4 Å². The van der Waals surface area contributed by atoms with Gasteiger partial charge in [-0.15, -0.1) is 10.2 Å². The Hall–Kier alpha value is -2.60. The van der Waals surface area contributed by atoms with E-state index in [9.17, 15) is 0 Å². The van der Waals surface area contributed by atoms with Crippen LogP contribution in [0.3, 0.4) is 0 Å². The fourth-order valence-corrected chi connectivity index (χ4v) is 3.75. The molecule has 0 saturated carbocycles. The molecule has 1 atom stereocenters. The van der Waals surface area contributed by atoms with Crippen molar-refractivity contribution in [3.63, 3.8) is 0 Å². The predicted octanol–water partition coefficient (Wildman–Crippen LogP) is 4.09. The van der Waals surface area contributed by atoms with Crippen molar-refractivity contribution in [2.24, 2.45) is 5.10 Å². The predicted molar refractivity (Wildman–Crippen MR) is 100 cm³/mol. The molecule has 0 spiro atoms. The Labute approximate surface area is 150 Å². The van der Waals surface area contributed by atoms with Crippen LogP contribution in [0.5, 0.6) is 5.75 Å². The fraction of sp³-hybridized carbons (Fsp3) is 0.211. The number of thioether (sulfide) groups is 1. The summed E-state index contributed by atoms with van der Waals surface area (Å²) < 4.78 is 7.62.